The summed E-state index contributed by atoms with van der Waals surface area (Å²) >= 11 is 0. The van der Waals surface area contributed by atoms with Gasteiger partial charge in [-0.15, -0.1) is 0 Å². The monoisotopic (exact) mass is 251 g/mol. The second kappa shape index (κ2) is 7.83. The maximum Gasteiger partial charge on any atom is 0.0642 e. The summed E-state index contributed by atoms with van der Waals surface area (Å²) in [6, 6.07) is 0. The highest BCUT2D eigenvalue weighted by Gasteiger charge is 2.19. The van der Waals surface area contributed by atoms with Crippen LogP contribution in [0.4, 0.5) is 0 Å². The lowest BCUT2D eigenvalue weighted by molar-refractivity contribution is 0.0506. The fourth-order valence-electron chi connectivity index (χ4n) is 3.13. The van der Waals surface area contributed by atoms with Crippen LogP contribution in [0.2, 0.25) is 0 Å². The van der Waals surface area contributed by atoms with Crippen molar-refractivity contribution in [1.29, 1.82) is 0 Å². The van der Waals surface area contributed by atoms with Crippen molar-refractivity contribution in [3.8, 4) is 0 Å². The molecule has 1 aliphatic carbocycles. The lowest BCUT2D eigenvalue weighted by Gasteiger charge is -2.34. The second-order valence-corrected chi connectivity index (χ2v) is 5.78. The average Bonchev–Trinajstić information content (AvgIpc) is 2.45. The molecule has 0 spiro atoms. The highest BCUT2D eigenvalue weighted by Crippen LogP contribution is 2.29. The predicted octanol–water partition coefficient (Wildman–Crippen LogP) is 3.97. The summed E-state index contributed by atoms with van der Waals surface area (Å²) in [6.07, 6.45) is 13.7. The van der Waals surface area contributed by atoms with Crippen molar-refractivity contribution >= 4 is 0 Å². The topological polar surface area (TPSA) is 12.5 Å². The first-order valence-corrected chi connectivity index (χ1v) is 7.92. The Labute approximate surface area is 112 Å². The van der Waals surface area contributed by atoms with Gasteiger partial charge in [0.25, 0.3) is 0 Å². The van der Waals surface area contributed by atoms with E-state index in [0.717, 1.165) is 32.2 Å². The van der Waals surface area contributed by atoms with Crippen LogP contribution in [0.15, 0.2) is 11.8 Å². The van der Waals surface area contributed by atoms with Crippen LogP contribution in [0.1, 0.15) is 58.3 Å². The molecule has 0 bridgehead atoms. The molecule has 1 unspecified atom stereocenters. The third-order valence-corrected chi connectivity index (χ3v) is 4.38. The van der Waals surface area contributed by atoms with E-state index >= 15 is 0 Å². The molecule has 0 saturated carbocycles. The minimum atomic E-state index is 0.914. The molecular formula is C16H29NO. The van der Waals surface area contributed by atoms with Crippen molar-refractivity contribution in [2.45, 2.75) is 58.3 Å². The fraction of sp³-hybridized carbons (Fsp3) is 0.875. The Morgan fingerprint density at radius 3 is 2.72 bits per heavy atom. The number of morpholine rings is 1. The Hall–Kier alpha value is -0.500. The molecule has 0 N–H and O–H groups in total. The van der Waals surface area contributed by atoms with E-state index in [1.165, 1.54) is 51.4 Å². The van der Waals surface area contributed by atoms with Gasteiger partial charge < -0.3 is 9.64 Å². The van der Waals surface area contributed by atoms with Crippen molar-refractivity contribution in [1.82, 2.24) is 4.90 Å². The molecule has 1 aliphatic heterocycles. The first-order valence-electron chi connectivity index (χ1n) is 7.92. The van der Waals surface area contributed by atoms with E-state index in [2.05, 4.69) is 17.9 Å². The van der Waals surface area contributed by atoms with Crippen LogP contribution < -0.4 is 0 Å². The summed E-state index contributed by atoms with van der Waals surface area (Å²) < 4.78 is 5.42. The van der Waals surface area contributed by atoms with Crippen LogP contribution in [-0.2, 0) is 4.74 Å². The van der Waals surface area contributed by atoms with Crippen LogP contribution in [0.3, 0.4) is 0 Å². The van der Waals surface area contributed by atoms with Gasteiger partial charge in [-0.25, -0.2) is 0 Å². The molecule has 0 radical (unpaired) electrons. The van der Waals surface area contributed by atoms with Crippen molar-refractivity contribution in [3.05, 3.63) is 11.8 Å². The SMILES string of the molecule is CCCCCCC1CC=C(N2CCOCC2)CC1. The summed E-state index contributed by atoms with van der Waals surface area (Å²) in [5.74, 6) is 0.964. The zero-order valence-corrected chi connectivity index (χ0v) is 12.0. The third-order valence-electron chi connectivity index (χ3n) is 4.38. The number of unbranched alkanes of at least 4 members (excludes halogenated alkanes) is 3. The maximum absolute atomic E-state index is 5.42. The van der Waals surface area contributed by atoms with Crippen molar-refractivity contribution in [2.24, 2.45) is 5.92 Å². The van der Waals surface area contributed by atoms with Crippen LogP contribution in [0, 0.1) is 5.92 Å². The summed E-state index contributed by atoms with van der Waals surface area (Å²) in [5.41, 5.74) is 1.60. The van der Waals surface area contributed by atoms with E-state index in [0.29, 0.717) is 0 Å². The molecular weight excluding hydrogens is 222 g/mol. The van der Waals surface area contributed by atoms with E-state index in [1.807, 2.05) is 0 Å². The number of rotatable bonds is 6. The fourth-order valence-corrected chi connectivity index (χ4v) is 3.13. The zero-order valence-electron chi connectivity index (χ0n) is 12.0. The van der Waals surface area contributed by atoms with Crippen LogP contribution in [0.25, 0.3) is 0 Å². The lowest BCUT2D eigenvalue weighted by atomic mass is 9.87. The van der Waals surface area contributed by atoms with Gasteiger partial charge in [0.1, 0.15) is 0 Å². The smallest absolute Gasteiger partial charge is 0.0642 e. The highest BCUT2D eigenvalue weighted by molar-refractivity contribution is 5.06. The Morgan fingerprint density at radius 2 is 2.06 bits per heavy atom. The molecule has 104 valence electrons. The first kappa shape index (κ1) is 13.9. The number of nitrogens with zero attached hydrogens (tertiary/aromatic N) is 1. The molecule has 2 aliphatic rings. The molecule has 18 heavy (non-hydrogen) atoms. The van der Waals surface area contributed by atoms with Crippen molar-refractivity contribution < 1.29 is 4.74 Å². The normalized spacial score (nSPS) is 25.1. The van der Waals surface area contributed by atoms with E-state index < -0.39 is 0 Å². The lowest BCUT2D eigenvalue weighted by Crippen LogP contribution is -2.36. The van der Waals surface area contributed by atoms with E-state index in [4.69, 9.17) is 4.74 Å². The molecule has 2 rings (SSSR count). The summed E-state index contributed by atoms with van der Waals surface area (Å²) in [5, 5.41) is 0. The van der Waals surface area contributed by atoms with Gasteiger partial charge in [-0.3, -0.25) is 0 Å². The largest absolute Gasteiger partial charge is 0.378 e. The van der Waals surface area contributed by atoms with Crippen molar-refractivity contribution in [2.75, 3.05) is 26.3 Å². The number of hydrogen-bond donors (Lipinski definition) is 0. The molecule has 0 amide bonds. The zero-order chi connectivity index (χ0) is 12.6. The van der Waals surface area contributed by atoms with Crippen LogP contribution in [-0.4, -0.2) is 31.2 Å². The van der Waals surface area contributed by atoms with E-state index in [-0.39, 0.29) is 0 Å². The Kier molecular flexibility index (Phi) is 6.06. The average molecular weight is 251 g/mol. The standard InChI is InChI=1S/C16H29NO/c1-2-3-4-5-6-15-7-9-16(10-8-15)17-11-13-18-14-12-17/h9,15H,2-8,10-14H2,1H3. The summed E-state index contributed by atoms with van der Waals surface area (Å²) in [4.78, 5) is 2.54. The maximum atomic E-state index is 5.42. The molecule has 1 heterocycles. The number of allylic oxidation sites excluding steroid dienone is 2. The van der Waals surface area contributed by atoms with Gasteiger partial charge in [0.2, 0.25) is 0 Å². The predicted molar refractivity (Wildman–Crippen MR) is 76.6 cm³/mol. The highest BCUT2D eigenvalue weighted by atomic mass is 16.5. The van der Waals surface area contributed by atoms with Gasteiger partial charge in [0.15, 0.2) is 0 Å². The van der Waals surface area contributed by atoms with E-state index in [9.17, 15) is 0 Å². The first-order chi connectivity index (χ1) is 8.90. The second-order valence-electron chi connectivity index (χ2n) is 5.78. The molecule has 1 atom stereocenters. The van der Waals surface area contributed by atoms with Crippen LogP contribution in [0.5, 0.6) is 0 Å². The van der Waals surface area contributed by atoms with Crippen molar-refractivity contribution in [3.63, 3.8) is 0 Å². The molecule has 1 saturated heterocycles. The molecule has 2 heteroatoms. The van der Waals surface area contributed by atoms with Gasteiger partial charge in [0, 0.05) is 18.8 Å². The van der Waals surface area contributed by atoms with E-state index in [1.54, 1.807) is 5.70 Å². The van der Waals surface area contributed by atoms with Gasteiger partial charge in [-0.2, -0.15) is 0 Å². The quantitative estimate of drug-likeness (QED) is 0.662. The number of hydrogen-bond acceptors (Lipinski definition) is 2. The van der Waals surface area contributed by atoms with Gasteiger partial charge in [0.05, 0.1) is 13.2 Å². The molecule has 2 nitrogen and oxygen atoms in total. The Bertz CT molecular complexity index is 256. The van der Waals surface area contributed by atoms with Gasteiger partial charge in [-0.05, 0) is 25.2 Å². The van der Waals surface area contributed by atoms with Crippen LogP contribution >= 0.6 is 0 Å². The van der Waals surface area contributed by atoms with Gasteiger partial charge >= 0.3 is 0 Å². The molecule has 0 aromatic carbocycles. The minimum Gasteiger partial charge on any atom is -0.378 e. The Balaban J connectivity index is 1.67. The third kappa shape index (κ3) is 4.31. The summed E-state index contributed by atoms with van der Waals surface area (Å²) in [7, 11) is 0. The molecule has 1 fully saturated rings. The minimum absolute atomic E-state index is 0.914. The molecule has 0 aromatic rings. The summed E-state index contributed by atoms with van der Waals surface area (Å²) in [6.45, 7) is 6.33. The van der Waals surface area contributed by atoms with Gasteiger partial charge in [-0.1, -0.05) is 45.1 Å². The molecule has 0 aromatic heterocycles. The Morgan fingerprint density at radius 1 is 1.22 bits per heavy atom. The number of ether oxygens (including phenoxy) is 1.